The van der Waals surface area contributed by atoms with Crippen LogP contribution >= 0.6 is 0 Å². The van der Waals surface area contributed by atoms with Gasteiger partial charge in [-0.3, -0.25) is 9.59 Å². The number of ether oxygens (including phenoxy) is 1. The highest BCUT2D eigenvalue weighted by atomic mass is 16.5. The van der Waals surface area contributed by atoms with Crippen LogP contribution in [0.4, 0.5) is 0 Å². The summed E-state index contributed by atoms with van der Waals surface area (Å²) < 4.78 is 5.52. The fourth-order valence-corrected chi connectivity index (χ4v) is 13.7. The van der Waals surface area contributed by atoms with Gasteiger partial charge in [0, 0.05) is 12.8 Å². The Morgan fingerprint density at radius 3 is 0.756 bits per heavy atom. The van der Waals surface area contributed by atoms with Crippen molar-refractivity contribution in [2.24, 2.45) is 0 Å². The van der Waals surface area contributed by atoms with Crippen LogP contribution in [-0.4, -0.2) is 47.4 Å². The van der Waals surface area contributed by atoms with Crippen molar-refractivity contribution >= 4 is 11.9 Å². The van der Waals surface area contributed by atoms with E-state index in [9.17, 15) is 19.8 Å². The third kappa shape index (κ3) is 75.6. The van der Waals surface area contributed by atoms with E-state index in [2.05, 4.69) is 19.2 Å². The largest absolute Gasteiger partial charge is 0.466 e. The average Bonchev–Trinajstić information content (AvgIpc) is 3.58. The molecule has 0 bridgehead atoms. The second kappa shape index (κ2) is 80.0. The Hall–Kier alpha value is -1.40. The van der Waals surface area contributed by atoms with E-state index in [4.69, 9.17) is 4.74 Å². The van der Waals surface area contributed by atoms with Crippen molar-refractivity contribution in [3.05, 3.63) is 12.2 Å². The Kier molecular flexibility index (Phi) is 78.8. The van der Waals surface area contributed by atoms with Crippen LogP contribution in [0.15, 0.2) is 12.2 Å². The molecule has 0 aromatic heterocycles. The minimum atomic E-state index is -0.842. The number of unbranched alkanes of at least 4 members (excludes halogenated alkanes) is 69. The van der Waals surface area contributed by atoms with Gasteiger partial charge in [0.1, 0.15) is 0 Å². The molecule has 0 saturated heterocycles. The highest BCUT2D eigenvalue weighted by molar-refractivity contribution is 5.76. The Morgan fingerprint density at radius 2 is 0.511 bits per heavy atom. The van der Waals surface area contributed by atoms with Crippen LogP contribution in [0.3, 0.4) is 0 Å². The number of amides is 1. The van der Waals surface area contributed by atoms with Crippen molar-refractivity contribution in [2.75, 3.05) is 13.2 Å². The molecule has 6 heteroatoms. The minimum absolute atomic E-state index is 0.0273. The summed E-state index contributed by atoms with van der Waals surface area (Å²) in [5.74, 6) is -0.0301. The standard InChI is InChI=1S/C84H165NO5/c1-3-5-7-9-11-13-15-17-19-21-23-24-38-41-44-48-52-56-60-64-68-72-76-82(87)81(80-86)85-83(88)77-73-69-65-61-57-53-49-45-42-39-36-34-32-30-28-26-25-27-29-31-33-35-37-40-43-47-51-55-59-63-67-71-75-79-90-84(89)78-74-70-66-62-58-54-50-46-22-20-18-16-14-12-10-8-6-4-2/h72,76,81-82,86-87H,3-71,73-75,77-80H2,1-2H3,(H,85,88)/b76-72+. The molecule has 0 fully saturated rings. The molecular formula is C84H165NO5. The summed E-state index contributed by atoms with van der Waals surface area (Å²) >= 11 is 0. The summed E-state index contributed by atoms with van der Waals surface area (Å²) in [6, 6.07) is -0.625. The van der Waals surface area contributed by atoms with Crippen molar-refractivity contribution in [3.8, 4) is 0 Å². The molecule has 0 aliphatic carbocycles. The lowest BCUT2D eigenvalue weighted by Gasteiger charge is -2.20. The summed E-state index contributed by atoms with van der Waals surface area (Å²) in [5.41, 5.74) is 0. The predicted octanol–water partition coefficient (Wildman–Crippen LogP) is 27.8. The summed E-state index contributed by atoms with van der Waals surface area (Å²) in [4.78, 5) is 24.7. The summed E-state index contributed by atoms with van der Waals surface area (Å²) in [6.07, 6.45) is 102. The van der Waals surface area contributed by atoms with Gasteiger partial charge in [0.15, 0.2) is 0 Å². The minimum Gasteiger partial charge on any atom is -0.466 e. The maximum absolute atomic E-state index is 12.6. The van der Waals surface area contributed by atoms with E-state index in [0.29, 0.717) is 19.4 Å². The van der Waals surface area contributed by atoms with Gasteiger partial charge >= 0.3 is 5.97 Å². The Balaban J connectivity index is 3.32. The first-order valence-electron chi connectivity index (χ1n) is 42.0. The Bertz CT molecular complexity index is 1370. The van der Waals surface area contributed by atoms with Crippen molar-refractivity contribution in [1.82, 2.24) is 5.32 Å². The molecule has 0 spiro atoms. The summed E-state index contributed by atoms with van der Waals surface area (Å²) in [6.45, 7) is 4.98. The lowest BCUT2D eigenvalue weighted by atomic mass is 10.0. The monoisotopic (exact) mass is 1270 g/mol. The van der Waals surface area contributed by atoms with E-state index in [1.807, 2.05) is 6.08 Å². The van der Waals surface area contributed by atoms with Crippen LogP contribution < -0.4 is 5.32 Å². The van der Waals surface area contributed by atoms with Gasteiger partial charge in [-0.25, -0.2) is 0 Å². The molecule has 6 nitrogen and oxygen atoms in total. The first kappa shape index (κ1) is 88.6. The molecule has 0 aliphatic heterocycles. The van der Waals surface area contributed by atoms with Gasteiger partial charge in [-0.1, -0.05) is 456 Å². The van der Waals surface area contributed by atoms with Crippen LogP contribution in [0, 0.1) is 0 Å². The van der Waals surface area contributed by atoms with Crippen molar-refractivity contribution in [3.63, 3.8) is 0 Å². The van der Waals surface area contributed by atoms with E-state index in [0.717, 1.165) is 38.5 Å². The normalized spacial score (nSPS) is 12.4. The number of nitrogens with one attached hydrogen (secondary N) is 1. The van der Waals surface area contributed by atoms with Gasteiger partial charge < -0.3 is 20.3 Å². The third-order valence-electron chi connectivity index (χ3n) is 20.1. The third-order valence-corrected chi connectivity index (χ3v) is 20.1. The number of allylic oxidation sites excluding steroid dienone is 1. The van der Waals surface area contributed by atoms with Crippen LogP contribution in [-0.2, 0) is 14.3 Å². The molecule has 0 heterocycles. The van der Waals surface area contributed by atoms with Crippen LogP contribution in [0.1, 0.15) is 489 Å². The molecule has 0 aliphatic rings. The summed E-state index contributed by atoms with van der Waals surface area (Å²) in [5, 5.41) is 23.3. The molecular weight excluding hydrogens is 1100 g/mol. The van der Waals surface area contributed by atoms with Gasteiger partial charge in [-0.15, -0.1) is 0 Å². The molecule has 1 amide bonds. The first-order valence-corrected chi connectivity index (χ1v) is 42.0. The highest BCUT2D eigenvalue weighted by Gasteiger charge is 2.18. The van der Waals surface area contributed by atoms with Gasteiger partial charge in [0.25, 0.3) is 0 Å². The zero-order valence-electron chi connectivity index (χ0n) is 61.7. The maximum atomic E-state index is 12.6. The van der Waals surface area contributed by atoms with Crippen molar-refractivity contribution < 1.29 is 24.5 Å². The molecule has 90 heavy (non-hydrogen) atoms. The van der Waals surface area contributed by atoms with Crippen LogP contribution in [0.2, 0.25) is 0 Å². The number of hydrogen-bond donors (Lipinski definition) is 3. The second-order valence-corrected chi connectivity index (χ2v) is 29.2. The van der Waals surface area contributed by atoms with Crippen molar-refractivity contribution in [1.29, 1.82) is 0 Å². The van der Waals surface area contributed by atoms with E-state index >= 15 is 0 Å². The zero-order valence-corrected chi connectivity index (χ0v) is 61.7. The number of carbonyl (C=O) groups excluding carboxylic acids is 2. The van der Waals surface area contributed by atoms with Gasteiger partial charge in [0.05, 0.1) is 25.4 Å². The van der Waals surface area contributed by atoms with E-state index in [1.165, 1.54) is 424 Å². The van der Waals surface area contributed by atoms with Crippen LogP contribution in [0.25, 0.3) is 0 Å². The topological polar surface area (TPSA) is 95.9 Å². The number of rotatable bonds is 80. The quantitative estimate of drug-likeness (QED) is 0.0320. The van der Waals surface area contributed by atoms with E-state index in [-0.39, 0.29) is 18.5 Å². The molecule has 0 aromatic rings. The highest BCUT2D eigenvalue weighted by Crippen LogP contribution is 2.21. The molecule has 536 valence electrons. The van der Waals surface area contributed by atoms with Gasteiger partial charge in [-0.2, -0.15) is 0 Å². The zero-order chi connectivity index (χ0) is 64.9. The molecule has 3 N–H and O–H groups in total. The summed E-state index contributed by atoms with van der Waals surface area (Å²) in [7, 11) is 0. The van der Waals surface area contributed by atoms with Crippen LogP contribution in [0.5, 0.6) is 0 Å². The number of hydrogen-bond acceptors (Lipinski definition) is 5. The second-order valence-electron chi connectivity index (χ2n) is 29.2. The lowest BCUT2D eigenvalue weighted by Crippen LogP contribution is -2.45. The predicted molar refractivity (Wildman–Crippen MR) is 398 cm³/mol. The number of aliphatic hydroxyl groups excluding tert-OH is 2. The lowest BCUT2D eigenvalue weighted by molar-refractivity contribution is -0.143. The molecule has 2 unspecified atom stereocenters. The Labute approximate surface area is 565 Å². The number of carbonyl (C=O) groups is 2. The molecule has 0 rings (SSSR count). The van der Waals surface area contributed by atoms with E-state index < -0.39 is 12.1 Å². The molecule has 0 saturated carbocycles. The maximum Gasteiger partial charge on any atom is 0.305 e. The van der Waals surface area contributed by atoms with Gasteiger partial charge in [-0.05, 0) is 32.1 Å². The Morgan fingerprint density at radius 1 is 0.300 bits per heavy atom. The van der Waals surface area contributed by atoms with Crippen molar-refractivity contribution in [2.45, 2.75) is 501 Å². The fraction of sp³-hybridized carbons (Fsp3) is 0.952. The molecule has 0 radical (unpaired) electrons. The first-order chi connectivity index (χ1) is 44.5. The smallest absolute Gasteiger partial charge is 0.305 e. The number of aliphatic hydroxyl groups is 2. The van der Waals surface area contributed by atoms with E-state index in [1.54, 1.807) is 6.08 Å². The molecule has 0 aromatic carbocycles. The fourth-order valence-electron chi connectivity index (χ4n) is 13.7. The SMILES string of the molecule is CCCCCCCCCCCCCCCCCCCCCC/C=C/C(O)C(CO)NC(=O)CCCCCCCCCCCCCCCCCCCCCCCCCCCCCCCCCCCOC(=O)CCCCCCCCCCCCCCCCCCCC. The molecule has 2 atom stereocenters. The number of esters is 1. The average molecular weight is 1270 g/mol. The van der Waals surface area contributed by atoms with Gasteiger partial charge in [0.2, 0.25) is 5.91 Å².